The molecule has 2 aromatic carbocycles. The molecule has 0 aliphatic heterocycles. The normalized spacial score (nSPS) is 28.6. The zero-order valence-corrected chi connectivity index (χ0v) is 16.8. The lowest BCUT2D eigenvalue weighted by atomic mass is 9.52. The minimum Gasteiger partial charge on any atom is -0.508 e. The molecule has 3 atom stereocenters. The van der Waals surface area contributed by atoms with Crippen LogP contribution in [0.25, 0.3) is 0 Å². The average molecular weight is 420 g/mol. The van der Waals surface area contributed by atoms with Crippen LogP contribution in [0.4, 0.5) is 13.2 Å². The lowest BCUT2D eigenvalue weighted by molar-refractivity contribution is -0.192. The number of aryl methyl sites for hydroxylation is 1. The molecule has 4 rings (SSSR count). The number of phenolic OH excluding ortho intramolecular Hbond substituents is 1. The van der Waals surface area contributed by atoms with Gasteiger partial charge in [-0.15, -0.1) is 0 Å². The van der Waals surface area contributed by atoms with E-state index in [1.54, 1.807) is 6.07 Å². The van der Waals surface area contributed by atoms with Gasteiger partial charge in [-0.3, -0.25) is 0 Å². The van der Waals surface area contributed by atoms with Gasteiger partial charge in [0.25, 0.3) is 0 Å². The summed E-state index contributed by atoms with van der Waals surface area (Å²) in [5, 5.41) is 21.0. The summed E-state index contributed by atoms with van der Waals surface area (Å²) in [6.07, 6.45) is -0.526. The van der Waals surface area contributed by atoms with Crippen molar-refractivity contribution in [2.75, 3.05) is 13.2 Å². The Bertz CT molecular complexity index is 883. The van der Waals surface area contributed by atoms with Crippen LogP contribution in [-0.2, 0) is 23.0 Å². The predicted octanol–water partition coefficient (Wildman–Crippen LogP) is 4.93. The molecule has 1 saturated carbocycles. The van der Waals surface area contributed by atoms with Crippen LogP contribution in [0, 0.1) is 5.92 Å². The monoisotopic (exact) mass is 420 g/mol. The number of hydrogen-bond donors (Lipinski definition) is 2. The number of aliphatic hydroxyl groups is 1. The van der Waals surface area contributed by atoms with Crippen LogP contribution in [0.3, 0.4) is 0 Å². The van der Waals surface area contributed by atoms with Crippen LogP contribution in [0.5, 0.6) is 5.75 Å². The van der Waals surface area contributed by atoms with Crippen LogP contribution in [-0.4, -0.2) is 35.2 Å². The number of hydrogen-bond acceptors (Lipinski definition) is 3. The zero-order valence-electron chi connectivity index (χ0n) is 16.8. The molecular formula is C24H27F3O3. The average Bonchev–Trinajstić information content (AvgIpc) is 2.68. The Morgan fingerprint density at radius 2 is 1.83 bits per heavy atom. The molecule has 6 heteroatoms. The first-order valence-corrected chi connectivity index (χ1v) is 10.4. The maximum Gasteiger partial charge on any atom is 0.411 e. The molecular weight excluding hydrogens is 393 g/mol. The van der Waals surface area contributed by atoms with E-state index >= 15 is 0 Å². The van der Waals surface area contributed by atoms with E-state index < -0.39 is 18.4 Å². The number of alkyl halides is 3. The number of rotatable bonds is 5. The minimum absolute atomic E-state index is 0.128. The highest BCUT2D eigenvalue weighted by molar-refractivity contribution is 5.44. The van der Waals surface area contributed by atoms with Crippen molar-refractivity contribution in [3.63, 3.8) is 0 Å². The smallest absolute Gasteiger partial charge is 0.411 e. The molecule has 0 spiro atoms. The largest absolute Gasteiger partial charge is 0.508 e. The molecule has 0 bridgehead atoms. The Balaban J connectivity index is 1.62. The van der Waals surface area contributed by atoms with Crippen molar-refractivity contribution in [2.24, 2.45) is 5.92 Å². The lowest BCUT2D eigenvalue weighted by Gasteiger charge is -2.53. The Labute approximate surface area is 174 Å². The van der Waals surface area contributed by atoms with Gasteiger partial charge < -0.3 is 14.9 Å². The Kier molecular flexibility index (Phi) is 5.58. The number of halogens is 3. The van der Waals surface area contributed by atoms with Crippen molar-refractivity contribution in [2.45, 2.75) is 55.7 Å². The van der Waals surface area contributed by atoms with Gasteiger partial charge in [-0.25, -0.2) is 0 Å². The summed E-state index contributed by atoms with van der Waals surface area (Å²) in [5.41, 5.74) is 2.06. The molecule has 30 heavy (non-hydrogen) atoms. The Hall–Kier alpha value is -2.05. The van der Waals surface area contributed by atoms with Gasteiger partial charge in [0.1, 0.15) is 12.4 Å². The highest BCUT2D eigenvalue weighted by Crippen LogP contribution is 2.54. The number of aromatic hydroxyl groups is 1. The molecule has 2 aliphatic carbocycles. The number of benzene rings is 2. The van der Waals surface area contributed by atoms with Gasteiger partial charge in [0.05, 0.1) is 12.2 Å². The first-order valence-electron chi connectivity index (χ1n) is 10.4. The second-order valence-electron chi connectivity index (χ2n) is 8.93. The van der Waals surface area contributed by atoms with Crippen LogP contribution >= 0.6 is 0 Å². The molecule has 0 saturated heterocycles. The van der Waals surface area contributed by atoms with Gasteiger partial charge >= 0.3 is 6.18 Å². The number of ether oxygens (including phenoxy) is 1. The molecule has 0 amide bonds. The SMILES string of the molecule is Oc1ccc2c(c1)CC[C@@H]1C[C@@](O)(COCC(F)(F)F)CC[C@@]21Cc1ccccc1. The molecule has 0 heterocycles. The van der Waals surface area contributed by atoms with E-state index in [0.29, 0.717) is 19.3 Å². The van der Waals surface area contributed by atoms with Gasteiger partial charge in [-0.1, -0.05) is 36.4 Å². The topological polar surface area (TPSA) is 49.7 Å². The second kappa shape index (κ2) is 7.89. The first kappa shape index (κ1) is 21.2. The third-order valence-corrected chi connectivity index (χ3v) is 6.83. The molecule has 0 unspecified atom stereocenters. The summed E-state index contributed by atoms with van der Waals surface area (Å²) in [6, 6.07) is 15.7. The summed E-state index contributed by atoms with van der Waals surface area (Å²) in [4.78, 5) is 0. The first-order chi connectivity index (χ1) is 14.2. The molecule has 162 valence electrons. The molecule has 3 nitrogen and oxygen atoms in total. The Morgan fingerprint density at radius 1 is 1.07 bits per heavy atom. The van der Waals surface area contributed by atoms with Crippen LogP contribution in [0.2, 0.25) is 0 Å². The summed E-state index contributed by atoms with van der Waals surface area (Å²) >= 11 is 0. The van der Waals surface area contributed by atoms with Gasteiger partial charge in [-0.05, 0) is 73.3 Å². The standard InChI is InChI=1S/C24H27F3O3/c25-24(26,27)16-30-15-22(29)10-11-23(13-17-4-2-1-3-5-17)19(14-22)7-6-18-12-20(28)8-9-21(18)23/h1-5,8-9,12,19,28-29H,6-7,10-11,13-16H2/t19-,22-,23+/m1/s1. The van der Waals surface area contributed by atoms with Crippen molar-refractivity contribution in [3.05, 3.63) is 65.2 Å². The van der Waals surface area contributed by atoms with Crippen molar-refractivity contribution in [1.29, 1.82) is 0 Å². The van der Waals surface area contributed by atoms with Gasteiger partial charge in [0.15, 0.2) is 0 Å². The maximum atomic E-state index is 12.5. The summed E-state index contributed by atoms with van der Waals surface area (Å²) in [7, 11) is 0. The van der Waals surface area contributed by atoms with Crippen LogP contribution in [0.1, 0.15) is 42.4 Å². The van der Waals surface area contributed by atoms with Gasteiger partial charge in [-0.2, -0.15) is 13.2 Å². The maximum absolute atomic E-state index is 12.5. The van der Waals surface area contributed by atoms with Gasteiger partial charge in [0, 0.05) is 5.41 Å². The predicted molar refractivity (Wildman–Crippen MR) is 107 cm³/mol. The van der Waals surface area contributed by atoms with E-state index in [9.17, 15) is 23.4 Å². The van der Waals surface area contributed by atoms with E-state index in [-0.39, 0.29) is 23.7 Å². The van der Waals surface area contributed by atoms with E-state index in [4.69, 9.17) is 4.74 Å². The molecule has 0 radical (unpaired) electrons. The molecule has 2 aromatic rings. The highest BCUT2D eigenvalue weighted by atomic mass is 19.4. The van der Waals surface area contributed by atoms with Crippen LogP contribution < -0.4 is 0 Å². The van der Waals surface area contributed by atoms with E-state index in [1.165, 1.54) is 11.1 Å². The summed E-state index contributed by atoms with van der Waals surface area (Å²) < 4.78 is 42.3. The van der Waals surface area contributed by atoms with E-state index in [0.717, 1.165) is 24.8 Å². The van der Waals surface area contributed by atoms with Crippen molar-refractivity contribution in [3.8, 4) is 5.75 Å². The summed E-state index contributed by atoms with van der Waals surface area (Å²) in [6.45, 7) is -1.63. The fourth-order valence-corrected chi connectivity index (χ4v) is 5.53. The van der Waals surface area contributed by atoms with Crippen molar-refractivity contribution in [1.82, 2.24) is 0 Å². The fraction of sp³-hybridized carbons (Fsp3) is 0.500. The van der Waals surface area contributed by atoms with E-state index in [1.807, 2.05) is 30.3 Å². The molecule has 2 N–H and O–H groups in total. The highest BCUT2D eigenvalue weighted by Gasteiger charge is 2.51. The summed E-state index contributed by atoms with van der Waals surface area (Å²) in [5.74, 6) is 0.373. The second-order valence-corrected chi connectivity index (χ2v) is 8.93. The Morgan fingerprint density at radius 3 is 2.57 bits per heavy atom. The molecule has 0 aromatic heterocycles. The lowest BCUT2D eigenvalue weighted by Crippen LogP contribution is -2.53. The fourth-order valence-electron chi connectivity index (χ4n) is 5.53. The minimum atomic E-state index is -4.39. The quantitative estimate of drug-likeness (QED) is 0.721. The van der Waals surface area contributed by atoms with Crippen molar-refractivity contribution >= 4 is 0 Å². The third-order valence-electron chi connectivity index (χ3n) is 6.83. The van der Waals surface area contributed by atoms with Gasteiger partial charge in [0.2, 0.25) is 0 Å². The number of phenols is 1. The number of fused-ring (bicyclic) bond motifs is 3. The third kappa shape index (κ3) is 4.35. The molecule has 1 fully saturated rings. The van der Waals surface area contributed by atoms with Crippen LogP contribution in [0.15, 0.2) is 48.5 Å². The molecule has 2 aliphatic rings. The van der Waals surface area contributed by atoms with E-state index in [2.05, 4.69) is 12.1 Å². The van der Waals surface area contributed by atoms with Crippen molar-refractivity contribution < 1.29 is 28.1 Å². The zero-order chi connectivity index (χ0) is 21.4.